The van der Waals surface area contributed by atoms with Crippen molar-refractivity contribution < 1.29 is 13.2 Å². The van der Waals surface area contributed by atoms with Gasteiger partial charge in [0.15, 0.2) is 0 Å². The third-order valence-corrected chi connectivity index (χ3v) is 5.70. The fourth-order valence-electron chi connectivity index (χ4n) is 2.68. The van der Waals surface area contributed by atoms with Gasteiger partial charge in [0.25, 0.3) is 10.0 Å². The SMILES string of the molecule is CNCCC[C@@H]1Oc2ccccc2N(c2ccccc2)S1(=O)=O. The van der Waals surface area contributed by atoms with E-state index in [1.54, 1.807) is 18.2 Å². The molecule has 0 fully saturated rings. The first-order valence-corrected chi connectivity index (χ1v) is 9.14. The predicted octanol–water partition coefficient (Wildman–Crippen LogP) is 2.87. The quantitative estimate of drug-likeness (QED) is 0.856. The van der Waals surface area contributed by atoms with Crippen molar-refractivity contribution >= 4 is 21.4 Å². The Balaban J connectivity index is 2.04. The lowest BCUT2D eigenvalue weighted by Gasteiger charge is -2.35. The number of hydrogen-bond acceptors (Lipinski definition) is 4. The van der Waals surface area contributed by atoms with Crippen LogP contribution in [-0.4, -0.2) is 27.4 Å². The van der Waals surface area contributed by atoms with E-state index in [-0.39, 0.29) is 0 Å². The molecule has 3 rings (SSSR count). The molecule has 0 radical (unpaired) electrons. The fraction of sp³-hybridized carbons (Fsp3) is 0.294. The van der Waals surface area contributed by atoms with Crippen LogP contribution in [-0.2, 0) is 10.0 Å². The average molecular weight is 332 g/mol. The Morgan fingerprint density at radius 3 is 2.52 bits per heavy atom. The Kier molecular flexibility index (Phi) is 4.54. The minimum Gasteiger partial charge on any atom is -0.470 e. The number of para-hydroxylation sites is 3. The highest BCUT2D eigenvalue weighted by molar-refractivity contribution is 7.93. The van der Waals surface area contributed by atoms with Gasteiger partial charge in [-0.05, 0) is 44.3 Å². The summed E-state index contributed by atoms with van der Waals surface area (Å²) in [7, 11) is -1.78. The normalized spacial score (nSPS) is 19.0. The summed E-state index contributed by atoms with van der Waals surface area (Å²) in [6, 6.07) is 16.4. The second-order valence-corrected chi connectivity index (χ2v) is 7.33. The summed E-state index contributed by atoms with van der Waals surface area (Å²) in [5, 5.41) is 3.03. The summed E-state index contributed by atoms with van der Waals surface area (Å²) in [5.74, 6) is 0.598. The van der Waals surface area contributed by atoms with E-state index in [4.69, 9.17) is 4.74 Å². The van der Waals surface area contributed by atoms with Crippen molar-refractivity contribution in [1.82, 2.24) is 5.32 Å². The molecule has 0 bridgehead atoms. The number of nitrogens with zero attached hydrogens (tertiary/aromatic N) is 1. The fourth-order valence-corrected chi connectivity index (χ4v) is 4.45. The van der Waals surface area contributed by atoms with E-state index in [0.717, 1.165) is 13.0 Å². The summed E-state index contributed by atoms with van der Waals surface area (Å²) in [4.78, 5) is 0. The van der Waals surface area contributed by atoms with Crippen LogP contribution in [0, 0.1) is 0 Å². The Bertz CT molecular complexity index is 762. The van der Waals surface area contributed by atoms with Crippen LogP contribution in [0.3, 0.4) is 0 Å². The third-order valence-electron chi connectivity index (χ3n) is 3.79. The van der Waals surface area contributed by atoms with Crippen molar-refractivity contribution in [3.63, 3.8) is 0 Å². The molecule has 1 N–H and O–H groups in total. The molecule has 23 heavy (non-hydrogen) atoms. The molecule has 0 saturated carbocycles. The molecular formula is C17H20N2O3S. The maximum atomic E-state index is 13.1. The monoisotopic (exact) mass is 332 g/mol. The van der Waals surface area contributed by atoms with E-state index in [1.807, 2.05) is 43.4 Å². The molecule has 0 spiro atoms. The van der Waals surface area contributed by atoms with Crippen molar-refractivity contribution in [3.8, 4) is 5.75 Å². The molecule has 0 aromatic heterocycles. The van der Waals surface area contributed by atoms with Gasteiger partial charge in [0.1, 0.15) is 5.75 Å². The second-order valence-electron chi connectivity index (χ2n) is 5.41. The van der Waals surface area contributed by atoms with Crippen LogP contribution in [0.5, 0.6) is 5.75 Å². The first kappa shape index (κ1) is 15.8. The predicted molar refractivity (Wildman–Crippen MR) is 91.5 cm³/mol. The highest BCUT2D eigenvalue weighted by atomic mass is 32.2. The Labute approximate surface area is 136 Å². The van der Waals surface area contributed by atoms with Gasteiger partial charge in [0.2, 0.25) is 5.44 Å². The Morgan fingerprint density at radius 2 is 1.78 bits per heavy atom. The van der Waals surface area contributed by atoms with Gasteiger partial charge in [-0.3, -0.25) is 0 Å². The number of benzene rings is 2. The zero-order valence-corrected chi connectivity index (χ0v) is 13.8. The van der Waals surface area contributed by atoms with Gasteiger partial charge in [0.05, 0.1) is 11.4 Å². The minimum absolute atomic E-state index is 0.445. The zero-order chi connectivity index (χ0) is 16.3. The molecule has 0 amide bonds. The number of nitrogens with one attached hydrogen (secondary N) is 1. The third kappa shape index (κ3) is 3.04. The van der Waals surface area contributed by atoms with Gasteiger partial charge in [-0.1, -0.05) is 30.3 Å². The number of ether oxygens (including phenoxy) is 1. The van der Waals surface area contributed by atoms with Crippen molar-refractivity contribution in [2.24, 2.45) is 0 Å². The lowest BCUT2D eigenvalue weighted by molar-refractivity contribution is 0.254. The average Bonchev–Trinajstić information content (AvgIpc) is 2.56. The van der Waals surface area contributed by atoms with Gasteiger partial charge < -0.3 is 10.1 Å². The first-order valence-electron chi connectivity index (χ1n) is 7.64. The van der Waals surface area contributed by atoms with Gasteiger partial charge in [-0.2, -0.15) is 0 Å². The van der Waals surface area contributed by atoms with Crippen molar-refractivity contribution in [1.29, 1.82) is 0 Å². The molecule has 0 aliphatic carbocycles. The molecule has 5 nitrogen and oxygen atoms in total. The standard InChI is InChI=1S/C17H20N2O3S/c1-18-13-7-12-17-22-16-11-6-5-10-15(16)19(23(17,20)21)14-8-3-2-4-9-14/h2-6,8-11,17-18H,7,12-13H2,1H3/t17-/m1/s1. The maximum Gasteiger partial charge on any atom is 0.277 e. The number of sulfonamides is 1. The summed E-state index contributed by atoms with van der Waals surface area (Å²) in [6.07, 6.45) is 1.17. The van der Waals surface area contributed by atoms with Crippen LogP contribution in [0.4, 0.5) is 11.4 Å². The first-order chi connectivity index (χ1) is 11.1. The summed E-state index contributed by atoms with van der Waals surface area (Å²) >= 11 is 0. The molecule has 1 aliphatic rings. The molecular weight excluding hydrogens is 312 g/mol. The summed E-state index contributed by atoms with van der Waals surface area (Å²) < 4.78 is 33.3. The Hall–Kier alpha value is -2.05. The number of hydrogen-bond donors (Lipinski definition) is 1. The molecule has 1 atom stereocenters. The van der Waals surface area contributed by atoms with Crippen LogP contribution >= 0.6 is 0 Å². The molecule has 1 heterocycles. The zero-order valence-electron chi connectivity index (χ0n) is 13.0. The van der Waals surface area contributed by atoms with Gasteiger partial charge in [-0.15, -0.1) is 0 Å². The molecule has 2 aromatic carbocycles. The van der Waals surface area contributed by atoms with E-state index in [2.05, 4.69) is 5.32 Å². The number of fused-ring (bicyclic) bond motifs is 1. The maximum absolute atomic E-state index is 13.1. The van der Waals surface area contributed by atoms with Crippen LogP contribution in [0.1, 0.15) is 12.8 Å². The highest BCUT2D eigenvalue weighted by Crippen LogP contribution is 2.42. The molecule has 0 unspecified atom stereocenters. The van der Waals surface area contributed by atoms with E-state index in [1.165, 1.54) is 4.31 Å². The van der Waals surface area contributed by atoms with E-state index in [0.29, 0.717) is 23.5 Å². The summed E-state index contributed by atoms with van der Waals surface area (Å²) in [5.41, 5.74) is 0.316. The van der Waals surface area contributed by atoms with Crippen molar-refractivity contribution in [2.75, 3.05) is 17.9 Å². The number of anilines is 2. The van der Waals surface area contributed by atoms with E-state index >= 15 is 0 Å². The topological polar surface area (TPSA) is 58.6 Å². The van der Waals surface area contributed by atoms with Crippen LogP contribution in [0.25, 0.3) is 0 Å². The molecule has 2 aromatic rings. The van der Waals surface area contributed by atoms with Crippen LogP contribution in [0.15, 0.2) is 54.6 Å². The van der Waals surface area contributed by atoms with Crippen molar-refractivity contribution in [3.05, 3.63) is 54.6 Å². The smallest absolute Gasteiger partial charge is 0.277 e. The molecule has 0 saturated heterocycles. The van der Waals surface area contributed by atoms with Crippen molar-refractivity contribution in [2.45, 2.75) is 18.3 Å². The van der Waals surface area contributed by atoms with Gasteiger partial charge >= 0.3 is 0 Å². The molecule has 122 valence electrons. The van der Waals surface area contributed by atoms with E-state index in [9.17, 15) is 8.42 Å². The van der Waals surface area contributed by atoms with E-state index < -0.39 is 15.5 Å². The molecule has 6 heteroatoms. The highest BCUT2D eigenvalue weighted by Gasteiger charge is 2.40. The second kappa shape index (κ2) is 6.60. The number of rotatable bonds is 5. The summed E-state index contributed by atoms with van der Waals surface area (Å²) in [6.45, 7) is 0.752. The van der Waals surface area contributed by atoms with Crippen LogP contribution < -0.4 is 14.4 Å². The minimum atomic E-state index is -3.63. The lowest BCUT2D eigenvalue weighted by Crippen LogP contribution is -2.43. The van der Waals surface area contributed by atoms with Gasteiger partial charge in [-0.25, -0.2) is 12.7 Å². The van der Waals surface area contributed by atoms with Gasteiger partial charge in [0, 0.05) is 6.42 Å². The Morgan fingerprint density at radius 1 is 1.09 bits per heavy atom. The molecule has 1 aliphatic heterocycles. The lowest BCUT2D eigenvalue weighted by atomic mass is 10.2. The largest absolute Gasteiger partial charge is 0.470 e. The van der Waals surface area contributed by atoms with Crippen LogP contribution in [0.2, 0.25) is 0 Å².